The van der Waals surface area contributed by atoms with E-state index in [1.54, 1.807) is 6.07 Å². The first-order valence-corrected chi connectivity index (χ1v) is 4.96. The predicted octanol–water partition coefficient (Wildman–Crippen LogP) is 3.74. The van der Waals surface area contributed by atoms with Crippen LogP contribution >= 0.6 is 0 Å². The maximum absolute atomic E-state index is 13.0. The van der Waals surface area contributed by atoms with E-state index in [0.717, 1.165) is 5.56 Å². The van der Waals surface area contributed by atoms with Crippen LogP contribution in [0.3, 0.4) is 0 Å². The van der Waals surface area contributed by atoms with Crippen molar-refractivity contribution in [1.29, 1.82) is 0 Å². The van der Waals surface area contributed by atoms with Gasteiger partial charge in [-0.15, -0.1) is 0 Å². The molecule has 0 aliphatic rings. The molecule has 0 aliphatic carbocycles. The molecule has 1 rings (SSSR count). The van der Waals surface area contributed by atoms with Crippen LogP contribution in [0.25, 0.3) is 0 Å². The third-order valence-corrected chi connectivity index (χ3v) is 1.96. The molecule has 0 aromatic heterocycles. The fourth-order valence-corrected chi connectivity index (χ4v) is 1.34. The van der Waals surface area contributed by atoms with Crippen LogP contribution in [0.2, 0.25) is 0 Å². The number of hydrogen-bond acceptors (Lipinski definition) is 1. The van der Waals surface area contributed by atoms with Crippen molar-refractivity contribution >= 4 is 0 Å². The Morgan fingerprint density at radius 1 is 1.14 bits per heavy atom. The van der Waals surface area contributed by atoms with Crippen LogP contribution < -0.4 is 4.74 Å². The Kier molecular flexibility index (Phi) is 3.50. The Morgan fingerprint density at radius 3 is 2.29 bits per heavy atom. The van der Waals surface area contributed by atoms with Crippen molar-refractivity contribution in [3.63, 3.8) is 0 Å². The summed E-state index contributed by atoms with van der Waals surface area (Å²) in [6.45, 7) is 8.02. The molecule has 0 aliphatic heterocycles. The van der Waals surface area contributed by atoms with Gasteiger partial charge in [-0.2, -0.15) is 0 Å². The van der Waals surface area contributed by atoms with Crippen LogP contribution in [0.15, 0.2) is 18.2 Å². The summed E-state index contributed by atoms with van der Waals surface area (Å²) < 4.78 is 18.5. The van der Waals surface area contributed by atoms with Gasteiger partial charge in [-0.1, -0.05) is 19.9 Å². The maximum atomic E-state index is 13.0. The highest BCUT2D eigenvalue weighted by atomic mass is 19.1. The molecule has 78 valence electrons. The quantitative estimate of drug-likeness (QED) is 0.715. The van der Waals surface area contributed by atoms with Gasteiger partial charge in [0, 0.05) is 6.07 Å². The molecule has 0 saturated heterocycles. The molecule has 0 amide bonds. The van der Waals surface area contributed by atoms with E-state index in [9.17, 15) is 4.39 Å². The van der Waals surface area contributed by atoms with Gasteiger partial charge >= 0.3 is 0 Å². The Morgan fingerprint density at radius 2 is 1.79 bits per heavy atom. The van der Waals surface area contributed by atoms with E-state index >= 15 is 0 Å². The van der Waals surface area contributed by atoms with Crippen LogP contribution in [-0.4, -0.2) is 6.10 Å². The van der Waals surface area contributed by atoms with E-state index in [0.29, 0.717) is 11.7 Å². The van der Waals surface area contributed by atoms with Crippen molar-refractivity contribution in [2.45, 2.75) is 39.7 Å². The number of ether oxygens (including phenoxy) is 1. The summed E-state index contributed by atoms with van der Waals surface area (Å²) in [7, 11) is 0. The molecule has 0 fully saturated rings. The van der Waals surface area contributed by atoms with Crippen LogP contribution in [-0.2, 0) is 0 Å². The number of hydrogen-bond donors (Lipinski definition) is 0. The third-order valence-electron chi connectivity index (χ3n) is 1.96. The van der Waals surface area contributed by atoms with Crippen molar-refractivity contribution in [2.24, 2.45) is 0 Å². The summed E-state index contributed by atoms with van der Waals surface area (Å²) in [5, 5.41) is 0. The van der Waals surface area contributed by atoms with E-state index in [2.05, 4.69) is 13.8 Å². The van der Waals surface area contributed by atoms with Gasteiger partial charge in [-0.05, 0) is 31.4 Å². The lowest BCUT2D eigenvalue weighted by Gasteiger charge is -2.16. The average Bonchev–Trinajstić information content (AvgIpc) is 2.01. The Labute approximate surface area is 84.9 Å². The van der Waals surface area contributed by atoms with Gasteiger partial charge in [0.2, 0.25) is 0 Å². The van der Waals surface area contributed by atoms with Crippen molar-refractivity contribution in [2.75, 3.05) is 0 Å². The van der Waals surface area contributed by atoms with E-state index in [1.165, 1.54) is 12.1 Å². The van der Waals surface area contributed by atoms with Gasteiger partial charge in [-0.3, -0.25) is 0 Å². The highest BCUT2D eigenvalue weighted by Crippen LogP contribution is 2.27. The summed E-state index contributed by atoms with van der Waals surface area (Å²) in [5.74, 6) is 0.768. The van der Waals surface area contributed by atoms with Crippen LogP contribution in [0, 0.1) is 5.82 Å². The van der Waals surface area contributed by atoms with E-state index in [1.807, 2.05) is 13.8 Å². The predicted molar refractivity (Wildman–Crippen MR) is 56.3 cm³/mol. The lowest BCUT2D eigenvalue weighted by atomic mass is 10.0. The highest BCUT2D eigenvalue weighted by molar-refractivity contribution is 5.36. The normalized spacial score (nSPS) is 11.1. The lowest BCUT2D eigenvalue weighted by Crippen LogP contribution is -2.08. The largest absolute Gasteiger partial charge is 0.491 e. The van der Waals surface area contributed by atoms with E-state index in [4.69, 9.17) is 4.74 Å². The van der Waals surface area contributed by atoms with Gasteiger partial charge in [-0.25, -0.2) is 4.39 Å². The molecule has 1 aromatic carbocycles. The topological polar surface area (TPSA) is 9.23 Å². The van der Waals surface area contributed by atoms with E-state index < -0.39 is 0 Å². The van der Waals surface area contributed by atoms with Gasteiger partial charge in [0.15, 0.2) is 0 Å². The summed E-state index contributed by atoms with van der Waals surface area (Å²) in [6.07, 6.45) is 0.0781. The maximum Gasteiger partial charge on any atom is 0.126 e. The Bertz CT molecular complexity index is 305. The van der Waals surface area contributed by atoms with Crippen molar-refractivity contribution in [3.05, 3.63) is 29.6 Å². The zero-order valence-corrected chi connectivity index (χ0v) is 9.17. The molecular weight excluding hydrogens is 179 g/mol. The molecule has 2 heteroatoms. The monoisotopic (exact) mass is 196 g/mol. The SMILES string of the molecule is CC(C)Oc1cc(F)ccc1C(C)C. The Hall–Kier alpha value is -1.05. The lowest BCUT2D eigenvalue weighted by molar-refractivity contribution is 0.238. The van der Waals surface area contributed by atoms with Gasteiger partial charge in [0.05, 0.1) is 6.10 Å². The Balaban J connectivity index is 3.03. The summed E-state index contributed by atoms with van der Waals surface area (Å²) in [6, 6.07) is 4.72. The molecule has 1 nitrogen and oxygen atoms in total. The first-order chi connectivity index (χ1) is 6.50. The first-order valence-electron chi connectivity index (χ1n) is 4.96. The molecule has 0 N–H and O–H groups in total. The number of halogens is 1. The summed E-state index contributed by atoms with van der Waals surface area (Å²) >= 11 is 0. The molecule has 14 heavy (non-hydrogen) atoms. The molecule has 0 spiro atoms. The molecule has 0 heterocycles. The molecule has 0 bridgehead atoms. The second-order valence-corrected chi connectivity index (χ2v) is 4.00. The average molecular weight is 196 g/mol. The molecule has 0 saturated carbocycles. The number of benzene rings is 1. The zero-order chi connectivity index (χ0) is 10.7. The van der Waals surface area contributed by atoms with Crippen LogP contribution in [0.5, 0.6) is 5.75 Å². The summed E-state index contributed by atoms with van der Waals surface area (Å²) in [5.41, 5.74) is 1.06. The highest BCUT2D eigenvalue weighted by Gasteiger charge is 2.09. The molecule has 0 radical (unpaired) electrons. The van der Waals surface area contributed by atoms with E-state index in [-0.39, 0.29) is 11.9 Å². The molecular formula is C12H17FO. The van der Waals surface area contributed by atoms with Crippen molar-refractivity contribution in [3.8, 4) is 5.75 Å². The fourth-order valence-electron chi connectivity index (χ4n) is 1.34. The molecule has 0 unspecified atom stereocenters. The fraction of sp³-hybridized carbons (Fsp3) is 0.500. The number of rotatable bonds is 3. The van der Waals surface area contributed by atoms with Crippen LogP contribution in [0.1, 0.15) is 39.2 Å². The standard InChI is InChI=1S/C12H17FO/c1-8(2)11-6-5-10(13)7-12(11)14-9(3)4/h5-9H,1-4H3. The van der Waals surface area contributed by atoms with Gasteiger partial charge < -0.3 is 4.74 Å². The van der Waals surface area contributed by atoms with Gasteiger partial charge in [0.1, 0.15) is 11.6 Å². The minimum atomic E-state index is -0.245. The van der Waals surface area contributed by atoms with Crippen LogP contribution in [0.4, 0.5) is 4.39 Å². The molecule has 1 aromatic rings. The first kappa shape index (κ1) is 11.0. The minimum absolute atomic E-state index is 0.0781. The summed E-state index contributed by atoms with van der Waals surface area (Å²) in [4.78, 5) is 0. The third kappa shape index (κ3) is 2.72. The minimum Gasteiger partial charge on any atom is -0.491 e. The molecule has 0 atom stereocenters. The second-order valence-electron chi connectivity index (χ2n) is 4.00. The van der Waals surface area contributed by atoms with Crippen molar-refractivity contribution in [1.82, 2.24) is 0 Å². The zero-order valence-electron chi connectivity index (χ0n) is 9.17. The van der Waals surface area contributed by atoms with Crippen molar-refractivity contribution < 1.29 is 9.13 Å². The second kappa shape index (κ2) is 4.45. The smallest absolute Gasteiger partial charge is 0.126 e. The van der Waals surface area contributed by atoms with Gasteiger partial charge in [0.25, 0.3) is 0 Å².